The maximum atomic E-state index is 13.2. The van der Waals surface area contributed by atoms with Crippen molar-refractivity contribution in [1.29, 1.82) is 0 Å². The van der Waals surface area contributed by atoms with Crippen molar-refractivity contribution in [1.82, 2.24) is 4.98 Å². The lowest BCUT2D eigenvalue weighted by atomic mass is 9.92. The molecule has 2 rings (SSSR count). The fourth-order valence-electron chi connectivity index (χ4n) is 1.92. The van der Waals surface area contributed by atoms with Crippen molar-refractivity contribution in [2.24, 2.45) is 0 Å². The van der Waals surface area contributed by atoms with E-state index in [1.54, 1.807) is 0 Å². The van der Waals surface area contributed by atoms with Gasteiger partial charge in [-0.25, -0.2) is 9.18 Å². The molecular formula is C12H9F4NO3. The zero-order chi connectivity index (χ0) is 15.1. The minimum absolute atomic E-state index is 0.146. The molecule has 1 aromatic heterocycles. The summed E-state index contributed by atoms with van der Waals surface area (Å²) in [5.41, 5.74) is -4.53. The number of alkyl halides is 3. The monoisotopic (exact) mass is 291 g/mol. The molecule has 0 aliphatic rings. The van der Waals surface area contributed by atoms with Crippen molar-refractivity contribution in [3.63, 3.8) is 0 Å². The molecule has 0 aliphatic heterocycles. The van der Waals surface area contributed by atoms with Crippen LogP contribution >= 0.6 is 0 Å². The van der Waals surface area contributed by atoms with Crippen molar-refractivity contribution in [3.05, 3.63) is 35.8 Å². The number of nitrogens with one attached hydrogen (secondary N) is 1. The summed E-state index contributed by atoms with van der Waals surface area (Å²) in [5.74, 6) is -2.69. The highest BCUT2D eigenvalue weighted by atomic mass is 19.4. The molecule has 0 saturated heterocycles. The van der Waals surface area contributed by atoms with Gasteiger partial charge < -0.3 is 14.8 Å². The number of hydrogen-bond acceptors (Lipinski definition) is 3. The van der Waals surface area contributed by atoms with Gasteiger partial charge in [0.05, 0.1) is 7.11 Å². The smallest absolute Gasteiger partial charge is 0.432 e. The molecule has 2 aromatic rings. The van der Waals surface area contributed by atoms with Crippen LogP contribution in [-0.4, -0.2) is 29.3 Å². The Morgan fingerprint density at radius 3 is 2.55 bits per heavy atom. The number of aromatic amines is 1. The van der Waals surface area contributed by atoms with Crippen LogP contribution in [0.5, 0.6) is 0 Å². The number of carbonyl (C=O) groups excluding carboxylic acids is 1. The molecule has 1 atom stereocenters. The standard InChI is InChI=1S/C12H9F4NO3/c1-20-10(18)11(19,12(14,15)16)8-5-17-9-3-2-6(13)4-7(8)9/h2-5,17,19H,1H3/t11-/m1/s1. The van der Waals surface area contributed by atoms with Gasteiger partial charge in [-0.3, -0.25) is 0 Å². The number of aliphatic hydroxyl groups is 1. The summed E-state index contributed by atoms with van der Waals surface area (Å²) in [5, 5.41) is 9.57. The van der Waals surface area contributed by atoms with E-state index in [0.29, 0.717) is 7.11 Å². The Kier molecular flexibility index (Phi) is 3.21. The van der Waals surface area contributed by atoms with Crippen LogP contribution in [0.1, 0.15) is 5.56 Å². The number of methoxy groups -OCH3 is 1. The summed E-state index contributed by atoms with van der Waals surface area (Å²) in [4.78, 5) is 13.8. The first-order chi connectivity index (χ1) is 9.21. The molecular weight excluding hydrogens is 282 g/mol. The topological polar surface area (TPSA) is 62.3 Å². The van der Waals surface area contributed by atoms with Gasteiger partial charge in [-0.1, -0.05) is 0 Å². The maximum Gasteiger partial charge on any atom is 0.432 e. The molecule has 8 heteroatoms. The van der Waals surface area contributed by atoms with Crippen LogP contribution in [0.15, 0.2) is 24.4 Å². The summed E-state index contributed by atoms with van der Waals surface area (Å²) in [6.07, 6.45) is -4.52. The molecule has 20 heavy (non-hydrogen) atoms. The van der Waals surface area contributed by atoms with Crippen LogP contribution in [0.2, 0.25) is 0 Å². The Labute approximate surface area is 110 Å². The van der Waals surface area contributed by atoms with Gasteiger partial charge in [0.15, 0.2) is 0 Å². The third-order valence-electron chi connectivity index (χ3n) is 2.92. The SMILES string of the molecule is COC(=O)[C@](O)(c1c[nH]c2ccc(F)cc12)C(F)(F)F. The van der Waals surface area contributed by atoms with Crippen molar-refractivity contribution in [2.75, 3.05) is 7.11 Å². The molecule has 0 bridgehead atoms. The second-order valence-corrected chi connectivity index (χ2v) is 4.09. The zero-order valence-corrected chi connectivity index (χ0v) is 10.1. The molecule has 0 amide bonds. The fourth-order valence-corrected chi connectivity index (χ4v) is 1.92. The van der Waals surface area contributed by atoms with Gasteiger partial charge in [-0.15, -0.1) is 0 Å². The van der Waals surface area contributed by atoms with Crippen LogP contribution in [0.3, 0.4) is 0 Å². The fraction of sp³-hybridized carbons (Fsp3) is 0.250. The van der Waals surface area contributed by atoms with Gasteiger partial charge in [-0.2, -0.15) is 13.2 Å². The average molecular weight is 291 g/mol. The van der Waals surface area contributed by atoms with E-state index in [4.69, 9.17) is 0 Å². The molecule has 0 saturated carbocycles. The van der Waals surface area contributed by atoms with E-state index in [9.17, 15) is 27.5 Å². The quantitative estimate of drug-likeness (QED) is 0.659. The Morgan fingerprint density at radius 1 is 1.35 bits per heavy atom. The first-order valence-electron chi connectivity index (χ1n) is 5.36. The first-order valence-corrected chi connectivity index (χ1v) is 5.36. The summed E-state index contributed by atoms with van der Waals surface area (Å²) in [7, 11) is 0.717. The molecule has 108 valence electrons. The molecule has 1 aromatic carbocycles. The van der Waals surface area contributed by atoms with Gasteiger partial charge in [0.1, 0.15) is 5.82 Å². The van der Waals surface area contributed by atoms with E-state index in [1.807, 2.05) is 0 Å². The zero-order valence-electron chi connectivity index (χ0n) is 10.1. The Morgan fingerprint density at radius 2 is 2.00 bits per heavy atom. The van der Waals surface area contributed by atoms with E-state index in [-0.39, 0.29) is 10.9 Å². The molecule has 0 spiro atoms. The first kappa shape index (κ1) is 14.3. The Bertz CT molecular complexity index is 664. The summed E-state index contributed by atoms with van der Waals surface area (Å²) in [6, 6.07) is 3.02. The van der Waals surface area contributed by atoms with Crippen molar-refractivity contribution in [3.8, 4) is 0 Å². The molecule has 0 fully saturated rings. The van der Waals surface area contributed by atoms with Crippen LogP contribution in [0.4, 0.5) is 17.6 Å². The maximum absolute atomic E-state index is 13.2. The Balaban J connectivity index is 2.76. The number of benzene rings is 1. The molecule has 0 aliphatic carbocycles. The van der Waals surface area contributed by atoms with Crippen LogP contribution in [0, 0.1) is 5.82 Å². The number of fused-ring (bicyclic) bond motifs is 1. The number of esters is 1. The van der Waals surface area contributed by atoms with E-state index < -0.39 is 29.1 Å². The third kappa shape index (κ3) is 1.92. The number of halogens is 4. The van der Waals surface area contributed by atoms with Crippen LogP contribution in [-0.2, 0) is 15.1 Å². The van der Waals surface area contributed by atoms with Gasteiger partial charge in [0.2, 0.25) is 0 Å². The second kappa shape index (κ2) is 4.48. The highest BCUT2D eigenvalue weighted by Gasteiger charge is 2.63. The van der Waals surface area contributed by atoms with Crippen molar-refractivity contribution in [2.45, 2.75) is 11.8 Å². The predicted octanol–water partition coefficient (Wildman–Crippen LogP) is 2.23. The molecule has 1 heterocycles. The third-order valence-corrected chi connectivity index (χ3v) is 2.92. The lowest BCUT2D eigenvalue weighted by molar-refractivity contribution is -0.266. The summed E-state index contributed by atoms with van der Waals surface area (Å²) in [6.45, 7) is 0. The van der Waals surface area contributed by atoms with E-state index >= 15 is 0 Å². The lowest BCUT2D eigenvalue weighted by Gasteiger charge is -2.27. The van der Waals surface area contributed by atoms with Crippen molar-refractivity contribution < 1.29 is 32.2 Å². The lowest BCUT2D eigenvalue weighted by Crippen LogP contribution is -2.49. The van der Waals surface area contributed by atoms with E-state index in [1.165, 1.54) is 6.07 Å². The number of carbonyl (C=O) groups is 1. The van der Waals surface area contributed by atoms with Gasteiger partial charge >= 0.3 is 12.1 Å². The van der Waals surface area contributed by atoms with Crippen LogP contribution < -0.4 is 0 Å². The average Bonchev–Trinajstić information content (AvgIpc) is 2.78. The molecule has 2 N–H and O–H groups in total. The molecule has 0 unspecified atom stereocenters. The van der Waals surface area contributed by atoms with Gasteiger partial charge in [0, 0.05) is 22.7 Å². The molecule has 0 radical (unpaired) electrons. The highest BCUT2D eigenvalue weighted by Crippen LogP contribution is 2.42. The van der Waals surface area contributed by atoms with E-state index in [0.717, 1.165) is 18.3 Å². The number of H-pyrrole nitrogens is 1. The summed E-state index contributed by atoms with van der Waals surface area (Å²) >= 11 is 0. The number of aromatic nitrogens is 1. The van der Waals surface area contributed by atoms with Gasteiger partial charge in [0.25, 0.3) is 5.60 Å². The number of ether oxygens (including phenoxy) is 1. The Hall–Kier alpha value is -2.09. The highest BCUT2D eigenvalue weighted by molar-refractivity contribution is 5.92. The second-order valence-electron chi connectivity index (χ2n) is 4.09. The van der Waals surface area contributed by atoms with E-state index in [2.05, 4.69) is 9.72 Å². The normalized spacial score (nSPS) is 15.1. The number of rotatable bonds is 2. The largest absolute Gasteiger partial charge is 0.466 e. The van der Waals surface area contributed by atoms with Crippen molar-refractivity contribution >= 4 is 16.9 Å². The van der Waals surface area contributed by atoms with Crippen LogP contribution in [0.25, 0.3) is 10.9 Å². The minimum Gasteiger partial charge on any atom is -0.466 e. The predicted molar refractivity (Wildman–Crippen MR) is 60.2 cm³/mol. The molecule has 4 nitrogen and oxygen atoms in total. The summed E-state index contributed by atoms with van der Waals surface area (Å²) < 4.78 is 56.4. The minimum atomic E-state index is -5.32. The van der Waals surface area contributed by atoms with Gasteiger partial charge in [-0.05, 0) is 18.2 Å². The number of hydrogen-bond donors (Lipinski definition) is 2.